The minimum atomic E-state index is -1.03. The number of fused-ring (bicyclic) bond motifs is 1. The summed E-state index contributed by atoms with van der Waals surface area (Å²) >= 11 is 0. The highest BCUT2D eigenvalue weighted by Crippen LogP contribution is 2.17. The first-order chi connectivity index (χ1) is 13.2. The molecule has 2 heterocycles. The zero-order valence-electron chi connectivity index (χ0n) is 15.2. The molecule has 0 saturated heterocycles. The third-order valence-electron chi connectivity index (χ3n) is 4.16. The molecule has 0 aliphatic heterocycles. The van der Waals surface area contributed by atoms with Crippen LogP contribution in [0.25, 0.3) is 11.2 Å². The molecule has 144 valence electrons. The number of hydrogen-bond donors (Lipinski definition) is 3. The van der Waals surface area contributed by atoms with Crippen molar-refractivity contribution in [3.63, 3.8) is 0 Å². The number of para-hydroxylation sites is 1. The number of aryl methyl sites for hydroxylation is 1. The standard InChI is InChI=1S/C18H24N6O3/c1-26-14-7-3-2-6-13(14)10-20-18(25)27-9-5-4-8-24-12-23-15-16(19)21-11-22-17(15)24/h2-3,6-7,11-12,18,20,25H,4-5,8-10H2,1H3,(H2,19,21,22). The third-order valence-corrected chi connectivity index (χ3v) is 4.16. The number of nitrogens with two attached hydrogens (primary N) is 1. The fourth-order valence-electron chi connectivity index (χ4n) is 2.75. The van der Waals surface area contributed by atoms with Crippen molar-refractivity contribution in [1.29, 1.82) is 0 Å². The Morgan fingerprint density at radius 2 is 2.07 bits per heavy atom. The number of hydrogen-bond acceptors (Lipinski definition) is 8. The average Bonchev–Trinajstić information content (AvgIpc) is 3.11. The van der Waals surface area contributed by atoms with E-state index in [1.807, 2.05) is 28.8 Å². The number of imidazole rings is 1. The molecule has 27 heavy (non-hydrogen) atoms. The monoisotopic (exact) mass is 372 g/mol. The number of aliphatic hydroxyl groups is 1. The summed E-state index contributed by atoms with van der Waals surface area (Å²) in [7, 11) is 1.62. The van der Waals surface area contributed by atoms with Crippen LogP contribution < -0.4 is 15.8 Å². The van der Waals surface area contributed by atoms with Gasteiger partial charge in [-0.2, -0.15) is 0 Å². The van der Waals surface area contributed by atoms with Crippen molar-refractivity contribution < 1.29 is 14.6 Å². The van der Waals surface area contributed by atoms with Crippen molar-refractivity contribution in [2.75, 3.05) is 19.5 Å². The van der Waals surface area contributed by atoms with E-state index in [0.29, 0.717) is 24.5 Å². The molecular weight excluding hydrogens is 348 g/mol. The Bertz CT molecular complexity index is 869. The van der Waals surface area contributed by atoms with E-state index in [-0.39, 0.29) is 0 Å². The number of nitrogen functional groups attached to an aromatic ring is 1. The van der Waals surface area contributed by atoms with Crippen LogP contribution in [-0.4, -0.2) is 44.8 Å². The quantitative estimate of drug-likeness (QED) is 0.359. The van der Waals surface area contributed by atoms with E-state index < -0.39 is 6.41 Å². The second-order valence-corrected chi connectivity index (χ2v) is 5.99. The van der Waals surface area contributed by atoms with Gasteiger partial charge in [0.2, 0.25) is 6.41 Å². The van der Waals surface area contributed by atoms with Gasteiger partial charge in [0.15, 0.2) is 11.5 Å². The van der Waals surface area contributed by atoms with E-state index in [0.717, 1.165) is 36.3 Å². The number of methoxy groups -OCH3 is 1. The molecule has 3 aromatic rings. The van der Waals surface area contributed by atoms with Gasteiger partial charge in [-0.25, -0.2) is 15.0 Å². The lowest BCUT2D eigenvalue weighted by Gasteiger charge is -2.15. The van der Waals surface area contributed by atoms with Gasteiger partial charge in [0.05, 0.1) is 20.0 Å². The Labute approximate surface area is 157 Å². The molecule has 4 N–H and O–H groups in total. The highest BCUT2D eigenvalue weighted by atomic mass is 16.6. The Balaban J connectivity index is 1.36. The number of aromatic nitrogens is 4. The fraction of sp³-hybridized carbons (Fsp3) is 0.389. The van der Waals surface area contributed by atoms with Crippen LogP contribution in [0.4, 0.5) is 5.82 Å². The third kappa shape index (κ3) is 4.91. The molecule has 0 spiro atoms. The molecule has 1 atom stereocenters. The van der Waals surface area contributed by atoms with Crippen LogP contribution in [0.3, 0.4) is 0 Å². The van der Waals surface area contributed by atoms with E-state index in [1.54, 1.807) is 13.4 Å². The molecule has 3 rings (SSSR count). The molecule has 0 fully saturated rings. The summed E-state index contributed by atoms with van der Waals surface area (Å²) in [6, 6.07) is 7.64. The van der Waals surface area contributed by atoms with E-state index in [9.17, 15) is 5.11 Å². The molecule has 1 aromatic carbocycles. The van der Waals surface area contributed by atoms with Gasteiger partial charge in [0, 0.05) is 18.7 Å². The van der Waals surface area contributed by atoms with E-state index >= 15 is 0 Å². The predicted octanol–water partition coefficient (Wildman–Crippen LogP) is 1.28. The second kappa shape index (κ2) is 9.26. The summed E-state index contributed by atoms with van der Waals surface area (Å²) in [4.78, 5) is 12.4. The number of benzene rings is 1. The van der Waals surface area contributed by atoms with Gasteiger partial charge in [-0.1, -0.05) is 18.2 Å². The minimum Gasteiger partial charge on any atom is -0.496 e. The van der Waals surface area contributed by atoms with Crippen molar-refractivity contribution in [1.82, 2.24) is 24.8 Å². The first-order valence-electron chi connectivity index (χ1n) is 8.75. The van der Waals surface area contributed by atoms with Gasteiger partial charge in [-0.15, -0.1) is 0 Å². The van der Waals surface area contributed by atoms with Crippen LogP contribution in [-0.2, 0) is 17.8 Å². The lowest BCUT2D eigenvalue weighted by molar-refractivity contribution is -0.122. The maximum absolute atomic E-state index is 9.91. The van der Waals surface area contributed by atoms with Crippen LogP contribution in [0.2, 0.25) is 0 Å². The highest BCUT2D eigenvalue weighted by molar-refractivity contribution is 5.80. The largest absolute Gasteiger partial charge is 0.496 e. The summed E-state index contributed by atoms with van der Waals surface area (Å²) in [5, 5.41) is 12.8. The molecule has 0 aliphatic carbocycles. The molecule has 0 aliphatic rings. The summed E-state index contributed by atoms with van der Waals surface area (Å²) in [5.74, 6) is 1.15. The first-order valence-corrected chi connectivity index (χ1v) is 8.75. The number of nitrogens with one attached hydrogen (secondary N) is 1. The maximum atomic E-state index is 9.91. The Hall–Kier alpha value is -2.75. The fourth-order valence-corrected chi connectivity index (χ4v) is 2.75. The average molecular weight is 372 g/mol. The summed E-state index contributed by atoms with van der Waals surface area (Å²) in [5.41, 5.74) is 8.07. The maximum Gasteiger partial charge on any atom is 0.213 e. The zero-order chi connectivity index (χ0) is 19.1. The Morgan fingerprint density at radius 1 is 1.22 bits per heavy atom. The molecule has 9 nitrogen and oxygen atoms in total. The normalized spacial score (nSPS) is 12.4. The topological polar surface area (TPSA) is 120 Å². The van der Waals surface area contributed by atoms with Crippen molar-refractivity contribution in [3.05, 3.63) is 42.5 Å². The van der Waals surface area contributed by atoms with Crippen molar-refractivity contribution in [2.24, 2.45) is 0 Å². The van der Waals surface area contributed by atoms with Gasteiger partial charge >= 0.3 is 0 Å². The van der Waals surface area contributed by atoms with Crippen LogP contribution in [0.5, 0.6) is 5.75 Å². The number of nitrogens with zero attached hydrogens (tertiary/aromatic N) is 4. The molecule has 0 amide bonds. The lowest BCUT2D eigenvalue weighted by atomic mass is 10.2. The summed E-state index contributed by atoms with van der Waals surface area (Å²) in [6.45, 7) is 1.62. The smallest absolute Gasteiger partial charge is 0.213 e. The molecule has 9 heteroatoms. The minimum absolute atomic E-state index is 0.381. The van der Waals surface area contributed by atoms with Crippen LogP contribution in [0.1, 0.15) is 18.4 Å². The van der Waals surface area contributed by atoms with E-state index in [2.05, 4.69) is 20.3 Å². The SMILES string of the molecule is COc1ccccc1CNC(O)OCCCCn1cnc2c(N)ncnc21. The molecule has 0 radical (unpaired) electrons. The Kier molecular flexibility index (Phi) is 6.53. The molecule has 0 bridgehead atoms. The summed E-state index contributed by atoms with van der Waals surface area (Å²) < 4.78 is 12.6. The Morgan fingerprint density at radius 3 is 2.93 bits per heavy atom. The van der Waals surface area contributed by atoms with E-state index in [4.69, 9.17) is 15.2 Å². The first kappa shape index (κ1) is 19.0. The van der Waals surface area contributed by atoms with Gasteiger partial charge < -0.3 is 24.9 Å². The number of aliphatic hydroxyl groups excluding tert-OH is 1. The van der Waals surface area contributed by atoms with Crippen LogP contribution in [0.15, 0.2) is 36.9 Å². The number of anilines is 1. The molecule has 1 unspecified atom stereocenters. The van der Waals surface area contributed by atoms with Crippen molar-refractivity contribution in [2.45, 2.75) is 32.3 Å². The number of ether oxygens (including phenoxy) is 2. The van der Waals surface area contributed by atoms with Gasteiger partial charge in [0.25, 0.3) is 0 Å². The number of unbranched alkanes of at least 4 members (excludes halogenated alkanes) is 1. The van der Waals surface area contributed by atoms with Gasteiger partial charge in [-0.05, 0) is 18.9 Å². The molecule has 2 aromatic heterocycles. The molecule has 0 saturated carbocycles. The predicted molar refractivity (Wildman–Crippen MR) is 101 cm³/mol. The van der Waals surface area contributed by atoms with Gasteiger partial charge in [0.1, 0.15) is 17.6 Å². The zero-order valence-corrected chi connectivity index (χ0v) is 15.2. The lowest BCUT2D eigenvalue weighted by Crippen LogP contribution is -2.31. The van der Waals surface area contributed by atoms with Crippen LogP contribution in [0, 0.1) is 0 Å². The second-order valence-electron chi connectivity index (χ2n) is 5.99. The number of rotatable bonds is 10. The van der Waals surface area contributed by atoms with Crippen molar-refractivity contribution in [3.8, 4) is 5.75 Å². The van der Waals surface area contributed by atoms with Crippen LogP contribution >= 0.6 is 0 Å². The van der Waals surface area contributed by atoms with E-state index in [1.165, 1.54) is 6.33 Å². The summed E-state index contributed by atoms with van der Waals surface area (Å²) in [6.07, 6.45) is 3.75. The molecular formula is C18H24N6O3. The van der Waals surface area contributed by atoms with Crippen molar-refractivity contribution >= 4 is 17.0 Å². The highest BCUT2D eigenvalue weighted by Gasteiger charge is 2.08. The van der Waals surface area contributed by atoms with Gasteiger partial charge in [-0.3, -0.25) is 5.32 Å².